The van der Waals surface area contributed by atoms with Crippen LogP contribution in [0.4, 0.5) is 0 Å². The minimum atomic E-state index is -1.29. The molecule has 0 saturated carbocycles. The number of halogens is 1. The average molecular weight is 312 g/mol. The highest BCUT2D eigenvalue weighted by Gasteiger charge is 2.50. The molecule has 1 atom stereocenters. The van der Waals surface area contributed by atoms with E-state index in [-0.39, 0.29) is 12.5 Å². The van der Waals surface area contributed by atoms with Crippen LogP contribution in [0.25, 0.3) is 0 Å². The van der Waals surface area contributed by atoms with E-state index in [1.807, 2.05) is 0 Å². The Hall–Kier alpha value is -1.59. The zero-order valence-corrected chi connectivity index (χ0v) is 12.8. The van der Waals surface area contributed by atoms with Crippen molar-refractivity contribution in [1.29, 1.82) is 0 Å². The number of hydrogen-bond acceptors (Lipinski definition) is 3. The third-order valence-electron chi connectivity index (χ3n) is 4.01. The van der Waals surface area contributed by atoms with Crippen LogP contribution in [0.5, 0.6) is 0 Å². The molecule has 1 fully saturated rings. The van der Waals surface area contributed by atoms with Crippen LogP contribution in [0.2, 0.25) is 5.02 Å². The van der Waals surface area contributed by atoms with E-state index in [2.05, 4.69) is 0 Å². The number of aliphatic carboxylic acids is 1. The average Bonchev–Trinajstić information content (AvgIpc) is 2.86. The van der Waals surface area contributed by atoms with Gasteiger partial charge in [-0.05, 0) is 37.5 Å². The molecule has 1 amide bonds. The standard InChI is InChI=1S/C15H18ClNO4/c1-10-11(5-3-6-12(10)16)13(18)17-8-4-7-15(17,9-21-2)14(19)20/h3,5-6H,4,7-9H2,1-2H3,(H,19,20). The molecule has 0 radical (unpaired) electrons. The molecule has 0 bridgehead atoms. The maximum absolute atomic E-state index is 12.8. The summed E-state index contributed by atoms with van der Waals surface area (Å²) in [5, 5.41) is 10.1. The van der Waals surface area contributed by atoms with Crippen LogP contribution in [0.3, 0.4) is 0 Å². The van der Waals surface area contributed by atoms with Crippen molar-refractivity contribution >= 4 is 23.5 Å². The van der Waals surface area contributed by atoms with E-state index in [9.17, 15) is 14.7 Å². The smallest absolute Gasteiger partial charge is 0.332 e. The van der Waals surface area contributed by atoms with Crippen molar-refractivity contribution in [2.75, 3.05) is 20.3 Å². The van der Waals surface area contributed by atoms with Gasteiger partial charge in [0.05, 0.1) is 6.61 Å². The second-order valence-electron chi connectivity index (χ2n) is 5.24. The summed E-state index contributed by atoms with van der Waals surface area (Å²) in [7, 11) is 1.44. The number of benzene rings is 1. The van der Waals surface area contributed by atoms with E-state index in [1.165, 1.54) is 12.0 Å². The van der Waals surface area contributed by atoms with E-state index >= 15 is 0 Å². The largest absolute Gasteiger partial charge is 0.479 e. The molecule has 114 valence electrons. The number of amides is 1. The van der Waals surface area contributed by atoms with Crippen molar-refractivity contribution in [3.05, 3.63) is 34.3 Å². The summed E-state index contributed by atoms with van der Waals surface area (Å²) in [6, 6.07) is 5.07. The zero-order valence-electron chi connectivity index (χ0n) is 12.1. The minimum absolute atomic E-state index is 0.0202. The van der Waals surface area contributed by atoms with Crippen molar-refractivity contribution in [3.63, 3.8) is 0 Å². The van der Waals surface area contributed by atoms with Crippen LogP contribution in [0.1, 0.15) is 28.8 Å². The van der Waals surface area contributed by atoms with Crippen LogP contribution in [0, 0.1) is 6.92 Å². The molecule has 1 saturated heterocycles. The molecule has 0 aromatic heterocycles. The number of hydrogen-bond donors (Lipinski definition) is 1. The fraction of sp³-hybridized carbons (Fsp3) is 0.467. The highest BCUT2D eigenvalue weighted by Crippen LogP contribution is 2.33. The lowest BCUT2D eigenvalue weighted by molar-refractivity contribution is -0.151. The van der Waals surface area contributed by atoms with Crippen molar-refractivity contribution in [1.82, 2.24) is 4.90 Å². The Labute approximate surface area is 128 Å². The summed E-state index contributed by atoms with van der Waals surface area (Å²) in [6.07, 6.45) is 1.03. The van der Waals surface area contributed by atoms with Gasteiger partial charge in [0, 0.05) is 24.2 Å². The van der Waals surface area contributed by atoms with Crippen molar-refractivity contribution in [3.8, 4) is 0 Å². The SMILES string of the molecule is COCC1(C(=O)O)CCCN1C(=O)c1cccc(Cl)c1C. The second kappa shape index (κ2) is 6.03. The first-order valence-electron chi connectivity index (χ1n) is 6.73. The Morgan fingerprint density at radius 2 is 2.19 bits per heavy atom. The number of nitrogens with zero attached hydrogens (tertiary/aromatic N) is 1. The van der Waals surface area contributed by atoms with E-state index < -0.39 is 11.5 Å². The van der Waals surface area contributed by atoms with E-state index in [1.54, 1.807) is 25.1 Å². The molecular formula is C15H18ClNO4. The number of carboxylic acid groups (broad SMARTS) is 1. The molecule has 1 aromatic carbocycles. The lowest BCUT2D eigenvalue weighted by Crippen LogP contribution is -2.56. The molecule has 21 heavy (non-hydrogen) atoms. The van der Waals surface area contributed by atoms with Crippen LogP contribution >= 0.6 is 11.6 Å². The highest BCUT2D eigenvalue weighted by molar-refractivity contribution is 6.31. The second-order valence-corrected chi connectivity index (χ2v) is 5.65. The van der Waals surface area contributed by atoms with Crippen LogP contribution in [-0.4, -0.2) is 47.7 Å². The highest BCUT2D eigenvalue weighted by atomic mass is 35.5. The Balaban J connectivity index is 2.41. The number of likely N-dealkylation sites (tertiary alicyclic amines) is 1. The fourth-order valence-electron chi connectivity index (χ4n) is 2.83. The van der Waals surface area contributed by atoms with Gasteiger partial charge in [-0.1, -0.05) is 17.7 Å². The minimum Gasteiger partial charge on any atom is -0.479 e. The topological polar surface area (TPSA) is 66.8 Å². The van der Waals surface area contributed by atoms with Crippen LogP contribution in [0.15, 0.2) is 18.2 Å². The lowest BCUT2D eigenvalue weighted by Gasteiger charge is -2.34. The Kier molecular flexibility index (Phi) is 4.54. The van der Waals surface area contributed by atoms with Gasteiger partial charge in [-0.25, -0.2) is 4.79 Å². The molecule has 1 unspecified atom stereocenters. The van der Waals surface area contributed by atoms with Gasteiger partial charge in [0.15, 0.2) is 5.54 Å². The molecule has 5 nitrogen and oxygen atoms in total. The molecule has 0 spiro atoms. The molecule has 1 aliphatic rings. The maximum Gasteiger partial charge on any atom is 0.332 e. The number of methoxy groups -OCH3 is 1. The monoisotopic (exact) mass is 311 g/mol. The molecule has 1 aliphatic heterocycles. The van der Waals surface area contributed by atoms with Crippen molar-refractivity contribution < 1.29 is 19.4 Å². The molecule has 0 aliphatic carbocycles. The van der Waals surface area contributed by atoms with Crippen molar-refractivity contribution in [2.24, 2.45) is 0 Å². The summed E-state index contributed by atoms with van der Waals surface area (Å²) in [5.74, 6) is -1.35. The predicted octanol–water partition coefficient (Wildman–Crippen LogP) is 2.35. The van der Waals surface area contributed by atoms with Gasteiger partial charge >= 0.3 is 5.97 Å². The Bertz CT molecular complexity index is 575. The Morgan fingerprint density at radius 1 is 1.48 bits per heavy atom. The Morgan fingerprint density at radius 3 is 2.81 bits per heavy atom. The van der Waals surface area contributed by atoms with Gasteiger partial charge in [0.1, 0.15) is 0 Å². The first-order chi connectivity index (χ1) is 9.94. The predicted molar refractivity (Wildman–Crippen MR) is 78.7 cm³/mol. The van der Waals surface area contributed by atoms with Gasteiger partial charge in [0.2, 0.25) is 0 Å². The van der Waals surface area contributed by atoms with Gasteiger partial charge < -0.3 is 14.7 Å². The van der Waals surface area contributed by atoms with Crippen molar-refractivity contribution in [2.45, 2.75) is 25.3 Å². The third-order valence-corrected chi connectivity index (χ3v) is 4.42. The maximum atomic E-state index is 12.8. The first kappa shape index (κ1) is 15.8. The van der Waals surface area contributed by atoms with Gasteiger partial charge in [-0.3, -0.25) is 4.79 Å². The number of carbonyl (C=O) groups is 2. The molecule has 2 rings (SSSR count). The summed E-state index contributed by atoms with van der Waals surface area (Å²) < 4.78 is 5.06. The molecule has 1 heterocycles. The van der Waals surface area contributed by atoms with E-state index in [0.717, 1.165) is 0 Å². The fourth-order valence-corrected chi connectivity index (χ4v) is 3.01. The summed E-state index contributed by atoms with van der Waals surface area (Å²) >= 11 is 6.05. The molecular weight excluding hydrogens is 294 g/mol. The number of ether oxygens (including phenoxy) is 1. The molecule has 1 aromatic rings. The van der Waals surface area contributed by atoms with E-state index in [0.29, 0.717) is 35.5 Å². The number of carboxylic acids is 1. The van der Waals surface area contributed by atoms with E-state index in [4.69, 9.17) is 16.3 Å². The van der Waals surface area contributed by atoms with Gasteiger partial charge in [-0.15, -0.1) is 0 Å². The lowest BCUT2D eigenvalue weighted by atomic mass is 9.96. The molecule has 6 heteroatoms. The van der Waals surface area contributed by atoms with Gasteiger partial charge in [0.25, 0.3) is 5.91 Å². The van der Waals surface area contributed by atoms with Crippen LogP contribution in [-0.2, 0) is 9.53 Å². The summed E-state index contributed by atoms with van der Waals surface area (Å²) in [6.45, 7) is 2.14. The number of carbonyl (C=O) groups excluding carboxylic acids is 1. The third kappa shape index (κ3) is 2.63. The molecule has 1 N–H and O–H groups in total. The normalized spacial score (nSPS) is 21.6. The first-order valence-corrected chi connectivity index (χ1v) is 7.11. The number of rotatable bonds is 4. The quantitative estimate of drug-likeness (QED) is 0.927. The van der Waals surface area contributed by atoms with Gasteiger partial charge in [-0.2, -0.15) is 0 Å². The summed E-state index contributed by atoms with van der Waals surface area (Å²) in [4.78, 5) is 25.9. The van der Waals surface area contributed by atoms with Crippen LogP contribution < -0.4 is 0 Å². The zero-order chi connectivity index (χ0) is 15.6. The summed E-state index contributed by atoms with van der Waals surface area (Å²) in [5.41, 5.74) is -0.195.